The fourth-order valence-electron chi connectivity index (χ4n) is 1.64. The summed E-state index contributed by atoms with van der Waals surface area (Å²) in [5.41, 5.74) is 6.37. The van der Waals surface area contributed by atoms with Crippen molar-refractivity contribution in [1.82, 2.24) is 15.3 Å². The van der Waals surface area contributed by atoms with E-state index in [9.17, 15) is 4.39 Å². The monoisotopic (exact) mass is 262 g/mol. The molecule has 0 unspecified atom stereocenters. The first-order chi connectivity index (χ1) is 9.19. The summed E-state index contributed by atoms with van der Waals surface area (Å²) < 4.78 is 18.3. The van der Waals surface area contributed by atoms with Gasteiger partial charge in [-0.15, -0.1) is 0 Å². The number of nitrogens with one attached hydrogen (secondary N) is 1. The molecule has 1 aromatic heterocycles. The molecule has 0 saturated carbocycles. The molecule has 5 nitrogen and oxygen atoms in total. The van der Waals surface area contributed by atoms with E-state index >= 15 is 0 Å². The Labute approximate surface area is 110 Å². The topological polar surface area (TPSA) is 73.1 Å². The van der Waals surface area contributed by atoms with Gasteiger partial charge in [0.25, 0.3) is 0 Å². The smallest absolute Gasteiger partial charge is 0.165 e. The number of hydrogen-bond acceptors (Lipinski definition) is 5. The molecule has 0 atom stereocenters. The number of halogens is 1. The van der Waals surface area contributed by atoms with Gasteiger partial charge in [0.05, 0.1) is 13.7 Å². The van der Waals surface area contributed by atoms with E-state index in [4.69, 9.17) is 10.5 Å². The largest absolute Gasteiger partial charge is 0.494 e. The first-order valence-corrected chi connectivity index (χ1v) is 5.79. The molecule has 0 aliphatic rings. The van der Waals surface area contributed by atoms with Crippen LogP contribution in [0.5, 0.6) is 5.75 Å². The maximum atomic E-state index is 13.5. The molecule has 0 bridgehead atoms. The van der Waals surface area contributed by atoms with E-state index in [0.29, 0.717) is 24.7 Å². The van der Waals surface area contributed by atoms with Crippen molar-refractivity contribution in [1.29, 1.82) is 0 Å². The van der Waals surface area contributed by atoms with Crippen LogP contribution in [0.2, 0.25) is 0 Å². The molecule has 0 saturated heterocycles. The van der Waals surface area contributed by atoms with Crippen LogP contribution in [0.4, 0.5) is 10.2 Å². The van der Waals surface area contributed by atoms with E-state index < -0.39 is 0 Å². The lowest BCUT2D eigenvalue weighted by atomic mass is 10.2. The van der Waals surface area contributed by atoms with Crippen LogP contribution >= 0.6 is 0 Å². The molecule has 2 aromatic rings. The minimum Gasteiger partial charge on any atom is -0.494 e. The van der Waals surface area contributed by atoms with Crippen LogP contribution in [0.3, 0.4) is 0 Å². The summed E-state index contributed by atoms with van der Waals surface area (Å²) >= 11 is 0. The Balaban J connectivity index is 1.90. The molecule has 0 amide bonds. The van der Waals surface area contributed by atoms with E-state index in [1.54, 1.807) is 24.4 Å². The number of methoxy groups -OCH3 is 1. The molecule has 3 N–H and O–H groups in total. The molecular formula is C13H15FN4O. The predicted octanol–water partition coefficient (Wildman–Crippen LogP) is 1.50. The summed E-state index contributed by atoms with van der Waals surface area (Å²) in [6, 6.07) is 6.47. The van der Waals surface area contributed by atoms with Crippen molar-refractivity contribution >= 4 is 5.82 Å². The van der Waals surface area contributed by atoms with Gasteiger partial charge in [0.1, 0.15) is 11.6 Å². The van der Waals surface area contributed by atoms with Gasteiger partial charge in [-0.05, 0) is 23.8 Å². The maximum absolute atomic E-state index is 13.5. The third-order valence-electron chi connectivity index (χ3n) is 2.56. The zero-order valence-electron chi connectivity index (χ0n) is 10.6. The average Bonchev–Trinajstić information content (AvgIpc) is 2.39. The SMILES string of the molecule is COc1ccc(CNCc2nccc(N)n2)cc1F. The second kappa shape index (κ2) is 6.10. The Morgan fingerprint density at radius 1 is 1.32 bits per heavy atom. The van der Waals surface area contributed by atoms with Crippen molar-refractivity contribution in [3.63, 3.8) is 0 Å². The Kier molecular flexibility index (Phi) is 4.25. The van der Waals surface area contributed by atoms with Crippen molar-refractivity contribution in [2.45, 2.75) is 13.1 Å². The molecule has 1 aromatic carbocycles. The fourth-order valence-corrected chi connectivity index (χ4v) is 1.64. The Morgan fingerprint density at radius 3 is 2.84 bits per heavy atom. The van der Waals surface area contributed by atoms with Crippen molar-refractivity contribution < 1.29 is 9.13 Å². The first-order valence-electron chi connectivity index (χ1n) is 5.79. The molecule has 0 aliphatic carbocycles. The number of nitrogen functional groups attached to an aromatic ring is 1. The summed E-state index contributed by atoms with van der Waals surface area (Å²) in [5, 5.41) is 3.12. The van der Waals surface area contributed by atoms with Crippen LogP contribution in [-0.2, 0) is 13.1 Å². The Morgan fingerprint density at radius 2 is 2.16 bits per heavy atom. The molecule has 0 spiro atoms. The highest BCUT2D eigenvalue weighted by Gasteiger charge is 2.03. The predicted molar refractivity (Wildman–Crippen MR) is 69.9 cm³/mol. The highest BCUT2D eigenvalue weighted by molar-refractivity contribution is 5.29. The van der Waals surface area contributed by atoms with E-state index in [-0.39, 0.29) is 11.6 Å². The maximum Gasteiger partial charge on any atom is 0.165 e. The summed E-state index contributed by atoms with van der Waals surface area (Å²) in [6.07, 6.45) is 1.60. The van der Waals surface area contributed by atoms with Crippen molar-refractivity contribution in [2.75, 3.05) is 12.8 Å². The lowest BCUT2D eigenvalue weighted by molar-refractivity contribution is 0.386. The van der Waals surface area contributed by atoms with Gasteiger partial charge in [0, 0.05) is 12.7 Å². The molecule has 19 heavy (non-hydrogen) atoms. The summed E-state index contributed by atoms with van der Waals surface area (Å²) in [6.45, 7) is 0.984. The van der Waals surface area contributed by atoms with Gasteiger partial charge < -0.3 is 15.8 Å². The molecule has 0 radical (unpaired) electrons. The van der Waals surface area contributed by atoms with E-state index in [1.165, 1.54) is 13.2 Å². The zero-order valence-corrected chi connectivity index (χ0v) is 10.6. The van der Waals surface area contributed by atoms with Gasteiger partial charge in [0.15, 0.2) is 11.6 Å². The highest BCUT2D eigenvalue weighted by atomic mass is 19.1. The minimum atomic E-state index is -0.373. The molecule has 2 rings (SSSR count). The molecular weight excluding hydrogens is 247 g/mol. The van der Waals surface area contributed by atoms with Crippen molar-refractivity contribution in [3.05, 3.63) is 47.7 Å². The number of rotatable bonds is 5. The standard InChI is InChI=1S/C13H15FN4O/c1-19-11-3-2-9(6-10(11)14)7-16-8-13-17-5-4-12(15)18-13/h2-6,16H,7-8H2,1H3,(H2,15,17,18). The highest BCUT2D eigenvalue weighted by Crippen LogP contribution is 2.17. The number of nitrogens with zero attached hydrogens (tertiary/aromatic N) is 2. The number of hydrogen-bond donors (Lipinski definition) is 2. The van der Waals surface area contributed by atoms with E-state index in [2.05, 4.69) is 15.3 Å². The number of nitrogens with two attached hydrogens (primary N) is 1. The Hall–Kier alpha value is -2.21. The lowest BCUT2D eigenvalue weighted by Crippen LogP contribution is -2.15. The van der Waals surface area contributed by atoms with E-state index in [1.807, 2.05) is 0 Å². The Bertz CT molecular complexity index is 562. The number of aromatic nitrogens is 2. The quantitative estimate of drug-likeness (QED) is 0.854. The van der Waals surface area contributed by atoms with Crippen LogP contribution in [0.15, 0.2) is 30.5 Å². The summed E-state index contributed by atoms with van der Waals surface area (Å²) in [5.74, 6) is 0.904. The van der Waals surface area contributed by atoms with Gasteiger partial charge in [-0.2, -0.15) is 0 Å². The second-order valence-corrected chi connectivity index (χ2v) is 3.97. The van der Waals surface area contributed by atoms with E-state index in [0.717, 1.165) is 5.56 Å². The van der Waals surface area contributed by atoms with Crippen LogP contribution in [-0.4, -0.2) is 17.1 Å². The second-order valence-electron chi connectivity index (χ2n) is 3.97. The lowest BCUT2D eigenvalue weighted by Gasteiger charge is -2.06. The molecule has 100 valence electrons. The van der Waals surface area contributed by atoms with Gasteiger partial charge >= 0.3 is 0 Å². The number of benzene rings is 1. The van der Waals surface area contributed by atoms with Crippen molar-refractivity contribution in [2.24, 2.45) is 0 Å². The third-order valence-corrected chi connectivity index (χ3v) is 2.56. The molecule has 0 fully saturated rings. The minimum absolute atomic E-state index is 0.239. The van der Waals surface area contributed by atoms with Gasteiger partial charge in [-0.25, -0.2) is 14.4 Å². The first kappa shape index (κ1) is 13.2. The summed E-state index contributed by atoms with van der Waals surface area (Å²) in [4.78, 5) is 8.13. The molecule has 0 aliphatic heterocycles. The van der Waals surface area contributed by atoms with Crippen LogP contribution in [0, 0.1) is 5.82 Å². The number of ether oxygens (including phenoxy) is 1. The van der Waals surface area contributed by atoms with Gasteiger partial charge in [-0.3, -0.25) is 0 Å². The normalized spacial score (nSPS) is 10.4. The third kappa shape index (κ3) is 3.62. The zero-order chi connectivity index (χ0) is 13.7. The van der Waals surface area contributed by atoms with Gasteiger partial charge in [0.2, 0.25) is 0 Å². The average molecular weight is 262 g/mol. The van der Waals surface area contributed by atoms with Crippen molar-refractivity contribution in [3.8, 4) is 5.75 Å². The molecule has 1 heterocycles. The molecule has 6 heteroatoms. The summed E-state index contributed by atoms with van der Waals surface area (Å²) in [7, 11) is 1.44. The van der Waals surface area contributed by atoms with Crippen LogP contribution in [0.25, 0.3) is 0 Å². The van der Waals surface area contributed by atoms with Crippen LogP contribution < -0.4 is 15.8 Å². The van der Waals surface area contributed by atoms with Crippen LogP contribution in [0.1, 0.15) is 11.4 Å². The van der Waals surface area contributed by atoms with Gasteiger partial charge in [-0.1, -0.05) is 6.07 Å². The fraction of sp³-hybridized carbons (Fsp3) is 0.231. The number of anilines is 1.